The Morgan fingerprint density at radius 1 is 1.13 bits per heavy atom. The van der Waals surface area contributed by atoms with E-state index in [-0.39, 0.29) is 11.5 Å². The Bertz CT molecular complexity index is 1590. The SMILES string of the molecule is CCOc1cc(C)c(-c2nc3ccccc3c(=O)n2N=Cc2ccc(OCC(=O)O)c(Br)c2)cc1C(C)C. The van der Waals surface area contributed by atoms with E-state index in [4.69, 9.17) is 19.6 Å². The largest absolute Gasteiger partial charge is 0.494 e. The Kier molecular flexibility index (Phi) is 8.26. The zero-order valence-electron chi connectivity index (χ0n) is 21.6. The topological polar surface area (TPSA) is 103 Å². The second-order valence-corrected chi connectivity index (χ2v) is 9.83. The van der Waals surface area contributed by atoms with Crippen LogP contribution >= 0.6 is 15.9 Å². The highest BCUT2D eigenvalue weighted by atomic mass is 79.9. The quantitative estimate of drug-likeness (QED) is 0.245. The molecule has 0 bridgehead atoms. The first-order valence-corrected chi connectivity index (χ1v) is 13.0. The molecule has 0 radical (unpaired) electrons. The summed E-state index contributed by atoms with van der Waals surface area (Å²) in [6.45, 7) is 8.21. The van der Waals surface area contributed by atoms with Crippen LogP contribution in [-0.2, 0) is 4.79 Å². The van der Waals surface area contributed by atoms with Gasteiger partial charge in [-0.1, -0.05) is 26.0 Å². The van der Waals surface area contributed by atoms with E-state index in [0.717, 1.165) is 22.4 Å². The van der Waals surface area contributed by atoms with Crippen LogP contribution in [0.4, 0.5) is 0 Å². The number of aliphatic carboxylic acids is 1. The first-order chi connectivity index (χ1) is 18.2. The normalized spacial score (nSPS) is 11.4. The molecular weight excluding hydrogens is 550 g/mol. The van der Waals surface area contributed by atoms with Crippen molar-refractivity contribution in [2.75, 3.05) is 13.2 Å². The van der Waals surface area contributed by atoms with Crippen LogP contribution in [0.2, 0.25) is 0 Å². The van der Waals surface area contributed by atoms with Gasteiger partial charge in [0.1, 0.15) is 11.5 Å². The number of ether oxygens (including phenoxy) is 2. The highest BCUT2D eigenvalue weighted by Crippen LogP contribution is 2.34. The van der Waals surface area contributed by atoms with Gasteiger partial charge in [0.25, 0.3) is 5.56 Å². The molecule has 0 amide bonds. The van der Waals surface area contributed by atoms with Crippen molar-refractivity contribution < 1.29 is 19.4 Å². The number of nitrogens with zero attached hydrogens (tertiary/aromatic N) is 3. The van der Waals surface area contributed by atoms with E-state index in [2.05, 4.69) is 34.9 Å². The maximum atomic E-state index is 13.6. The lowest BCUT2D eigenvalue weighted by Gasteiger charge is -2.18. The summed E-state index contributed by atoms with van der Waals surface area (Å²) >= 11 is 3.40. The van der Waals surface area contributed by atoms with Crippen molar-refractivity contribution in [2.24, 2.45) is 5.10 Å². The van der Waals surface area contributed by atoms with E-state index in [9.17, 15) is 9.59 Å². The van der Waals surface area contributed by atoms with Crippen LogP contribution in [0.5, 0.6) is 11.5 Å². The fourth-order valence-corrected chi connectivity index (χ4v) is 4.57. The number of carbonyl (C=O) groups is 1. The van der Waals surface area contributed by atoms with Gasteiger partial charge in [0.15, 0.2) is 12.4 Å². The zero-order valence-corrected chi connectivity index (χ0v) is 23.2. The summed E-state index contributed by atoms with van der Waals surface area (Å²) in [7, 11) is 0. The van der Waals surface area contributed by atoms with Crippen molar-refractivity contribution in [3.63, 3.8) is 0 Å². The van der Waals surface area contributed by atoms with Gasteiger partial charge < -0.3 is 14.6 Å². The third-order valence-corrected chi connectivity index (χ3v) is 6.52. The number of carboxylic acid groups (broad SMARTS) is 1. The molecule has 1 N–H and O–H groups in total. The van der Waals surface area contributed by atoms with Gasteiger partial charge in [0.05, 0.1) is 28.2 Å². The molecule has 3 aromatic carbocycles. The molecule has 9 heteroatoms. The fourth-order valence-electron chi connectivity index (χ4n) is 4.05. The van der Waals surface area contributed by atoms with E-state index in [1.807, 2.05) is 38.1 Å². The van der Waals surface area contributed by atoms with Gasteiger partial charge in [0, 0.05) is 5.56 Å². The Labute approximate surface area is 228 Å². The summed E-state index contributed by atoms with van der Waals surface area (Å²) in [5.74, 6) is 0.758. The molecule has 0 saturated heterocycles. The molecule has 1 heterocycles. The van der Waals surface area contributed by atoms with E-state index < -0.39 is 12.6 Å². The van der Waals surface area contributed by atoms with Crippen molar-refractivity contribution in [1.82, 2.24) is 9.66 Å². The second kappa shape index (κ2) is 11.6. The molecule has 0 unspecified atom stereocenters. The summed E-state index contributed by atoms with van der Waals surface area (Å²) in [5.41, 5.74) is 3.69. The number of aromatic nitrogens is 2. The zero-order chi connectivity index (χ0) is 27.4. The summed E-state index contributed by atoms with van der Waals surface area (Å²) in [5, 5.41) is 13.9. The number of benzene rings is 3. The summed E-state index contributed by atoms with van der Waals surface area (Å²) in [6.07, 6.45) is 1.56. The third-order valence-electron chi connectivity index (χ3n) is 5.90. The van der Waals surface area contributed by atoms with Gasteiger partial charge in [-0.3, -0.25) is 4.79 Å². The summed E-state index contributed by atoms with van der Waals surface area (Å²) < 4.78 is 13.0. The lowest BCUT2D eigenvalue weighted by atomic mass is 9.96. The minimum Gasteiger partial charge on any atom is -0.494 e. The van der Waals surface area contributed by atoms with Crippen LogP contribution in [0, 0.1) is 6.92 Å². The second-order valence-electron chi connectivity index (χ2n) is 8.98. The highest BCUT2D eigenvalue weighted by Gasteiger charge is 2.18. The molecule has 0 aliphatic carbocycles. The molecule has 0 aliphatic rings. The average Bonchev–Trinajstić information content (AvgIpc) is 2.87. The van der Waals surface area contributed by atoms with Gasteiger partial charge in [-0.25, -0.2) is 9.78 Å². The number of hydrogen-bond donors (Lipinski definition) is 1. The van der Waals surface area contributed by atoms with Crippen LogP contribution in [0.15, 0.2) is 69.0 Å². The van der Waals surface area contributed by atoms with Crippen LogP contribution in [0.3, 0.4) is 0 Å². The average molecular weight is 578 g/mol. The van der Waals surface area contributed by atoms with Crippen LogP contribution in [0.25, 0.3) is 22.3 Å². The monoisotopic (exact) mass is 577 g/mol. The van der Waals surface area contributed by atoms with Gasteiger partial charge >= 0.3 is 5.97 Å². The number of aryl methyl sites for hydroxylation is 1. The van der Waals surface area contributed by atoms with E-state index in [1.165, 1.54) is 4.68 Å². The molecule has 8 nitrogen and oxygen atoms in total. The van der Waals surface area contributed by atoms with Gasteiger partial charge in [-0.15, -0.1) is 0 Å². The molecule has 4 aromatic rings. The number of hydrogen-bond acceptors (Lipinski definition) is 6. The van der Waals surface area contributed by atoms with E-state index >= 15 is 0 Å². The van der Waals surface area contributed by atoms with Crippen molar-refractivity contribution in [3.8, 4) is 22.9 Å². The number of carboxylic acids is 1. The molecule has 0 fully saturated rings. The lowest BCUT2D eigenvalue weighted by Crippen LogP contribution is -2.21. The maximum Gasteiger partial charge on any atom is 0.341 e. The Balaban J connectivity index is 1.86. The van der Waals surface area contributed by atoms with E-state index in [1.54, 1.807) is 36.5 Å². The van der Waals surface area contributed by atoms with Crippen LogP contribution in [-0.4, -0.2) is 40.2 Å². The molecule has 0 aliphatic heterocycles. The fraction of sp³-hybridized carbons (Fsp3) is 0.241. The summed E-state index contributed by atoms with van der Waals surface area (Å²) in [4.78, 5) is 29.3. The molecule has 196 valence electrons. The minimum atomic E-state index is -1.07. The van der Waals surface area contributed by atoms with Crippen molar-refractivity contribution in [2.45, 2.75) is 33.6 Å². The number of para-hydroxylation sites is 1. The summed E-state index contributed by atoms with van der Waals surface area (Å²) in [6, 6.07) is 16.3. The molecule has 1 aromatic heterocycles. The molecule has 0 spiro atoms. The molecular formula is C29H28BrN3O5. The molecule has 4 rings (SSSR count). The van der Waals surface area contributed by atoms with Crippen LogP contribution < -0.4 is 15.0 Å². The number of halogens is 1. The standard InChI is InChI=1S/C29H28BrN3O5/c1-5-37-26-12-18(4)22(14-21(26)17(2)3)28-32-24-9-7-6-8-20(24)29(36)33(28)31-15-19-10-11-25(23(30)13-19)38-16-27(34)35/h6-15,17H,5,16H2,1-4H3,(H,34,35). The van der Waals surface area contributed by atoms with Gasteiger partial charge in [-0.2, -0.15) is 9.78 Å². The maximum absolute atomic E-state index is 13.6. The third kappa shape index (κ3) is 5.78. The van der Waals surface area contributed by atoms with Crippen molar-refractivity contribution >= 4 is 39.0 Å². The number of fused-ring (bicyclic) bond motifs is 1. The van der Waals surface area contributed by atoms with E-state index in [0.29, 0.717) is 39.1 Å². The van der Waals surface area contributed by atoms with Gasteiger partial charge in [0.2, 0.25) is 0 Å². The van der Waals surface area contributed by atoms with Crippen LogP contribution in [0.1, 0.15) is 43.4 Å². The smallest absolute Gasteiger partial charge is 0.341 e. The Morgan fingerprint density at radius 2 is 1.89 bits per heavy atom. The highest BCUT2D eigenvalue weighted by molar-refractivity contribution is 9.10. The first-order valence-electron chi connectivity index (χ1n) is 12.2. The first kappa shape index (κ1) is 27.1. The Morgan fingerprint density at radius 3 is 2.58 bits per heavy atom. The van der Waals surface area contributed by atoms with Crippen molar-refractivity contribution in [1.29, 1.82) is 0 Å². The lowest BCUT2D eigenvalue weighted by molar-refractivity contribution is -0.139. The number of rotatable bonds is 9. The minimum absolute atomic E-state index is 0.194. The predicted octanol–water partition coefficient (Wildman–Crippen LogP) is 6.00. The molecule has 38 heavy (non-hydrogen) atoms. The molecule has 0 saturated carbocycles. The Hall–Kier alpha value is -3.98. The van der Waals surface area contributed by atoms with Gasteiger partial charge in [-0.05, 0) is 94.9 Å². The molecule has 0 atom stereocenters. The van der Waals surface area contributed by atoms with Crippen molar-refractivity contribution in [3.05, 3.63) is 86.1 Å². The predicted molar refractivity (Wildman–Crippen MR) is 152 cm³/mol.